The molecule has 2 aromatic rings. The second kappa shape index (κ2) is 5.49. The summed E-state index contributed by atoms with van der Waals surface area (Å²) in [6.45, 7) is 0. The van der Waals surface area contributed by atoms with Crippen molar-refractivity contribution in [3.8, 4) is 12.1 Å². The molecule has 18 heavy (non-hydrogen) atoms. The highest BCUT2D eigenvalue weighted by Crippen LogP contribution is 2.31. The van der Waals surface area contributed by atoms with Crippen LogP contribution in [0.1, 0.15) is 27.1 Å². The number of hydrogen-bond donors (Lipinski definition) is 0. The van der Waals surface area contributed by atoms with E-state index in [0.29, 0.717) is 11.1 Å². The predicted molar refractivity (Wildman–Crippen MR) is 73.1 cm³/mol. The molecule has 0 N–H and O–H groups in total. The zero-order chi connectivity index (χ0) is 13.0. The van der Waals surface area contributed by atoms with Crippen molar-refractivity contribution in [1.82, 2.24) is 0 Å². The SMILES string of the molecule is N#Cc1ccc([C@@H](Br)c2cccc(C#N)c2)cc1. The van der Waals surface area contributed by atoms with Crippen molar-refractivity contribution in [2.24, 2.45) is 0 Å². The highest BCUT2D eigenvalue weighted by Gasteiger charge is 2.10. The summed E-state index contributed by atoms with van der Waals surface area (Å²) in [7, 11) is 0. The quantitative estimate of drug-likeness (QED) is 0.789. The van der Waals surface area contributed by atoms with E-state index in [2.05, 4.69) is 28.1 Å². The maximum atomic E-state index is 8.88. The van der Waals surface area contributed by atoms with Gasteiger partial charge >= 0.3 is 0 Å². The third-order valence-electron chi connectivity index (χ3n) is 2.64. The normalized spacial score (nSPS) is 11.3. The van der Waals surface area contributed by atoms with E-state index in [1.54, 1.807) is 18.2 Å². The van der Waals surface area contributed by atoms with Crippen molar-refractivity contribution in [2.45, 2.75) is 4.83 Å². The summed E-state index contributed by atoms with van der Waals surface area (Å²) >= 11 is 3.61. The van der Waals surface area contributed by atoms with Gasteiger partial charge in [-0.3, -0.25) is 0 Å². The average Bonchev–Trinajstić information content (AvgIpc) is 2.46. The molecular weight excluding hydrogens is 288 g/mol. The van der Waals surface area contributed by atoms with Crippen LogP contribution in [0.2, 0.25) is 0 Å². The van der Waals surface area contributed by atoms with Gasteiger partial charge in [0, 0.05) is 0 Å². The topological polar surface area (TPSA) is 47.6 Å². The second-order valence-electron chi connectivity index (χ2n) is 3.83. The highest BCUT2D eigenvalue weighted by molar-refractivity contribution is 9.09. The summed E-state index contributed by atoms with van der Waals surface area (Å²) in [5.74, 6) is 0. The van der Waals surface area contributed by atoms with E-state index in [0.717, 1.165) is 11.1 Å². The molecule has 1 atom stereocenters. The molecule has 0 aliphatic rings. The largest absolute Gasteiger partial charge is 0.192 e. The van der Waals surface area contributed by atoms with Gasteiger partial charge in [0.05, 0.1) is 28.1 Å². The molecule has 3 heteroatoms. The molecule has 0 aliphatic carbocycles. The first-order chi connectivity index (χ1) is 8.74. The molecule has 0 heterocycles. The standard InChI is InChI=1S/C15H9BrN2/c16-15(13-6-4-11(9-17)5-7-13)14-3-1-2-12(8-14)10-18/h1-8,15H/t15-/m1/s1. The first kappa shape index (κ1) is 12.4. The smallest absolute Gasteiger partial charge is 0.0991 e. The summed E-state index contributed by atoms with van der Waals surface area (Å²) in [5.41, 5.74) is 3.37. The fraction of sp³-hybridized carbons (Fsp3) is 0.0667. The van der Waals surface area contributed by atoms with Crippen LogP contribution in [0.5, 0.6) is 0 Å². The Balaban J connectivity index is 2.32. The lowest BCUT2D eigenvalue weighted by Crippen LogP contribution is -1.93. The third-order valence-corrected chi connectivity index (χ3v) is 3.70. The van der Waals surface area contributed by atoms with E-state index >= 15 is 0 Å². The van der Waals surface area contributed by atoms with Gasteiger partial charge in [0.15, 0.2) is 0 Å². The maximum absolute atomic E-state index is 8.88. The van der Waals surface area contributed by atoms with Gasteiger partial charge in [0.25, 0.3) is 0 Å². The Morgan fingerprint density at radius 2 is 1.50 bits per heavy atom. The molecule has 0 bridgehead atoms. The molecule has 2 aromatic carbocycles. The molecule has 0 spiro atoms. The van der Waals surface area contributed by atoms with E-state index in [-0.39, 0.29) is 4.83 Å². The first-order valence-electron chi connectivity index (χ1n) is 5.39. The second-order valence-corrected chi connectivity index (χ2v) is 4.75. The van der Waals surface area contributed by atoms with Crippen molar-refractivity contribution >= 4 is 15.9 Å². The van der Waals surface area contributed by atoms with Gasteiger partial charge in [-0.15, -0.1) is 0 Å². The molecular formula is C15H9BrN2. The Morgan fingerprint density at radius 1 is 0.833 bits per heavy atom. The highest BCUT2D eigenvalue weighted by atomic mass is 79.9. The summed E-state index contributed by atoms with van der Waals surface area (Å²) < 4.78 is 0. The van der Waals surface area contributed by atoms with Crippen LogP contribution in [0.15, 0.2) is 48.5 Å². The molecule has 0 aromatic heterocycles. The van der Waals surface area contributed by atoms with Crippen LogP contribution >= 0.6 is 15.9 Å². The Kier molecular flexibility index (Phi) is 3.77. The van der Waals surface area contributed by atoms with Gasteiger partial charge in [0.1, 0.15) is 0 Å². The zero-order valence-electron chi connectivity index (χ0n) is 9.47. The van der Waals surface area contributed by atoms with E-state index < -0.39 is 0 Å². The number of hydrogen-bond acceptors (Lipinski definition) is 2. The molecule has 0 amide bonds. The maximum Gasteiger partial charge on any atom is 0.0991 e. The number of nitrogens with zero attached hydrogens (tertiary/aromatic N) is 2. The Morgan fingerprint density at radius 3 is 2.11 bits per heavy atom. The lowest BCUT2D eigenvalue weighted by molar-refractivity contribution is 1.17. The van der Waals surface area contributed by atoms with Crippen LogP contribution in [0.4, 0.5) is 0 Å². The van der Waals surface area contributed by atoms with E-state index in [9.17, 15) is 0 Å². The van der Waals surface area contributed by atoms with E-state index in [1.165, 1.54) is 0 Å². The van der Waals surface area contributed by atoms with E-state index in [4.69, 9.17) is 10.5 Å². The van der Waals surface area contributed by atoms with Crippen LogP contribution in [-0.4, -0.2) is 0 Å². The molecule has 2 nitrogen and oxygen atoms in total. The zero-order valence-corrected chi connectivity index (χ0v) is 11.1. The minimum absolute atomic E-state index is 0.0264. The van der Waals surface area contributed by atoms with Gasteiger partial charge in [-0.05, 0) is 35.4 Å². The lowest BCUT2D eigenvalue weighted by atomic mass is 10.0. The monoisotopic (exact) mass is 296 g/mol. The Labute approximate surface area is 114 Å². The number of halogens is 1. The number of benzene rings is 2. The molecule has 0 aliphatic heterocycles. The fourth-order valence-electron chi connectivity index (χ4n) is 1.68. The van der Waals surface area contributed by atoms with Crippen LogP contribution in [0.3, 0.4) is 0 Å². The Bertz CT molecular complexity index is 633. The van der Waals surface area contributed by atoms with Crippen LogP contribution < -0.4 is 0 Å². The molecule has 0 saturated carbocycles. The lowest BCUT2D eigenvalue weighted by Gasteiger charge is -2.10. The van der Waals surface area contributed by atoms with E-state index in [1.807, 2.05) is 30.3 Å². The number of nitriles is 2. The number of rotatable bonds is 2. The van der Waals surface area contributed by atoms with Crippen molar-refractivity contribution < 1.29 is 0 Å². The van der Waals surface area contributed by atoms with Crippen molar-refractivity contribution in [1.29, 1.82) is 10.5 Å². The third kappa shape index (κ3) is 2.59. The Hall–Kier alpha value is -2.10. The average molecular weight is 297 g/mol. The number of alkyl halides is 1. The van der Waals surface area contributed by atoms with Gasteiger partial charge in [-0.2, -0.15) is 10.5 Å². The molecule has 86 valence electrons. The summed E-state index contributed by atoms with van der Waals surface area (Å²) in [5, 5.41) is 17.6. The first-order valence-corrected chi connectivity index (χ1v) is 6.30. The van der Waals surface area contributed by atoms with Gasteiger partial charge in [0.2, 0.25) is 0 Å². The van der Waals surface area contributed by atoms with Gasteiger partial charge in [-0.25, -0.2) is 0 Å². The molecule has 0 saturated heterocycles. The molecule has 2 rings (SSSR count). The summed E-state index contributed by atoms with van der Waals surface area (Å²) in [6.07, 6.45) is 0. The van der Waals surface area contributed by atoms with Crippen molar-refractivity contribution in [2.75, 3.05) is 0 Å². The summed E-state index contributed by atoms with van der Waals surface area (Å²) in [6, 6.07) is 19.1. The van der Waals surface area contributed by atoms with Gasteiger partial charge in [-0.1, -0.05) is 40.2 Å². The van der Waals surface area contributed by atoms with Gasteiger partial charge < -0.3 is 0 Å². The minimum atomic E-state index is 0.0264. The summed E-state index contributed by atoms with van der Waals surface area (Å²) in [4.78, 5) is 0.0264. The van der Waals surface area contributed by atoms with Crippen molar-refractivity contribution in [3.05, 3.63) is 70.8 Å². The molecule has 0 radical (unpaired) electrons. The van der Waals surface area contributed by atoms with Crippen LogP contribution in [-0.2, 0) is 0 Å². The molecule has 0 unspecified atom stereocenters. The molecule has 0 fully saturated rings. The predicted octanol–water partition coefficient (Wildman–Crippen LogP) is 3.91. The van der Waals surface area contributed by atoms with Crippen molar-refractivity contribution in [3.63, 3.8) is 0 Å². The minimum Gasteiger partial charge on any atom is -0.192 e. The fourth-order valence-corrected chi connectivity index (χ4v) is 2.27. The van der Waals surface area contributed by atoms with Crippen LogP contribution in [0.25, 0.3) is 0 Å². The van der Waals surface area contributed by atoms with Crippen LogP contribution in [0, 0.1) is 22.7 Å².